The van der Waals surface area contributed by atoms with Gasteiger partial charge >= 0.3 is 0 Å². The summed E-state index contributed by atoms with van der Waals surface area (Å²) in [6.45, 7) is 3.80. The van der Waals surface area contributed by atoms with Crippen LogP contribution in [0.2, 0.25) is 0 Å². The first-order valence-electron chi connectivity index (χ1n) is 8.29. The summed E-state index contributed by atoms with van der Waals surface area (Å²) in [6, 6.07) is 7.53. The highest BCUT2D eigenvalue weighted by Crippen LogP contribution is 2.25. The van der Waals surface area contributed by atoms with Crippen molar-refractivity contribution in [1.29, 1.82) is 0 Å². The van der Waals surface area contributed by atoms with Crippen molar-refractivity contribution in [2.24, 2.45) is 0 Å². The first kappa shape index (κ1) is 17.7. The minimum absolute atomic E-state index is 0.0619. The fourth-order valence-corrected chi connectivity index (χ4v) is 3.26. The van der Waals surface area contributed by atoms with Gasteiger partial charge in [-0.1, -0.05) is 23.9 Å². The van der Waals surface area contributed by atoms with E-state index in [1.54, 1.807) is 4.68 Å². The molecule has 1 aliphatic heterocycles. The van der Waals surface area contributed by atoms with Gasteiger partial charge < -0.3 is 14.8 Å². The van der Waals surface area contributed by atoms with E-state index < -0.39 is 0 Å². The van der Waals surface area contributed by atoms with Crippen LogP contribution in [0.25, 0.3) is 5.69 Å². The monoisotopic (exact) mass is 363 g/mol. The van der Waals surface area contributed by atoms with E-state index in [4.69, 9.17) is 9.47 Å². The van der Waals surface area contributed by atoms with E-state index in [2.05, 4.69) is 20.8 Å². The molecule has 3 rings (SSSR count). The van der Waals surface area contributed by atoms with Crippen LogP contribution in [-0.2, 0) is 9.53 Å². The molecule has 1 saturated heterocycles. The molecule has 25 heavy (non-hydrogen) atoms. The molecule has 0 radical (unpaired) electrons. The molecule has 0 saturated carbocycles. The average Bonchev–Trinajstić information content (AvgIpc) is 3.30. The van der Waals surface area contributed by atoms with Gasteiger partial charge in [-0.15, -0.1) is 5.10 Å². The van der Waals surface area contributed by atoms with Crippen LogP contribution < -0.4 is 10.1 Å². The number of rotatable bonds is 8. The van der Waals surface area contributed by atoms with Crippen molar-refractivity contribution in [1.82, 2.24) is 25.5 Å². The van der Waals surface area contributed by atoms with Gasteiger partial charge in [-0.25, -0.2) is 0 Å². The molecule has 134 valence electrons. The predicted octanol–water partition coefficient (Wildman–Crippen LogP) is 1.45. The number of hydrogen-bond acceptors (Lipinski definition) is 7. The summed E-state index contributed by atoms with van der Waals surface area (Å²) in [6.07, 6.45) is 2.20. The van der Waals surface area contributed by atoms with Crippen LogP contribution >= 0.6 is 11.8 Å². The molecule has 2 aromatic rings. The van der Waals surface area contributed by atoms with Crippen LogP contribution in [0.5, 0.6) is 5.75 Å². The van der Waals surface area contributed by atoms with E-state index >= 15 is 0 Å². The lowest BCUT2D eigenvalue weighted by Crippen LogP contribution is -2.32. The molecule has 0 aliphatic carbocycles. The smallest absolute Gasteiger partial charge is 0.230 e. The Kier molecular flexibility index (Phi) is 6.24. The number of nitrogens with zero attached hydrogens (tertiary/aromatic N) is 4. The van der Waals surface area contributed by atoms with Crippen molar-refractivity contribution in [2.45, 2.75) is 31.0 Å². The highest BCUT2D eigenvalue weighted by atomic mass is 32.2. The van der Waals surface area contributed by atoms with Crippen molar-refractivity contribution in [2.75, 3.05) is 25.5 Å². The van der Waals surface area contributed by atoms with E-state index in [1.807, 2.05) is 31.2 Å². The van der Waals surface area contributed by atoms with Gasteiger partial charge in [0, 0.05) is 13.2 Å². The van der Waals surface area contributed by atoms with E-state index in [1.165, 1.54) is 11.8 Å². The van der Waals surface area contributed by atoms with Gasteiger partial charge in [-0.3, -0.25) is 4.79 Å². The van der Waals surface area contributed by atoms with Crippen LogP contribution in [0, 0.1) is 0 Å². The van der Waals surface area contributed by atoms with Gasteiger partial charge in [-0.05, 0) is 42.3 Å². The Bertz CT molecular complexity index is 703. The number of carbonyl (C=O) groups excluding carboxylic acids is 1. The second-order valence-electron chi connectivity index (χ2n) is 5.50. The zero-order valence-corrected chi connectivity index (χ0v) is 14.9. The Balaban J connectivity index is 1.59. The number of hydrogen-bond donors (Lipinski definition) is 1. The third-order valence-corrected chi connectivity index (χ3v) is 4.64. The molecule has 1 atom stereocenters. The number of amides is 1. The lowest BCUT2D eigenvalue weighted by molar-refractivity contribution is -0.119. The van der Waals surface area contributed by atoms with Gasteiger partial charge in [0.2, 0.25) is 11.1 Å². The normalized spacial score (nSPS) is 16.8. The van der Waals surface area contributed by atoms with Crippen molar-refractivity contribution in [3.63, 3.8) is 0 Å². The maximum absolute atomic E-state index is 12.0. The molecule has 8 nitrogen and oxygen atoms in total. The summed E-state index contributed by atoms with van der Waals surface area (Å²) in [4.78, 5) is 12.0. The molecule has 1 unspecified atom stereocenters. The number of carbonyl (C=O) groups is 1. The number of tetrazole rings is 1. The first-order chi connectivity index (χ1) is 12.3. The summed E-state index contributed by atoms with van der Waals surface area (Å²) >= 11 is 1.28. The van der Waals surface area contributed by atoms with Crippen molar-refractivity contribution >= 4 is 17.7 Å². The fraction of sp³-hybridized carbons (Fsp3) is 0.500. The van der Waals surface area contributed by atoms with Gasteiger partial charge in [0.15, 0.2) is 0 Å². The van der Waals surface area contributed by atoms with E-state index in [0.29, 0.717) is 24.1 Å². The quantitative estimate of drug-likeness (QED) is 0.710. The Morgan fingerprint density at radius 1 is 1.48 bits per heavy atom. The van der Waals surface area contributed by atoms with E-state index in [-0.39, 0.29) is 17.8 Å². The molecule has 0 bridgehead atoms. The highest BCUT2D eigenvalue weighted by Gasteiger charge is 2.18. The maximum atomic E-state index is 12.0. The molecule has 1 aromatic carbocycles. The SMILES string of the molecule is CCOc1ccccc1-n1nnnc1SCC(=O)NCC1CCCO1. The Labute approximate surface area is 150 Å². The number of ether oxygens (including phenoxy) is 2. The van der Waals surface area contributed by atoms with E-state index in [0.717, 1.165) is 25.1 Å². The minimum atomic E-state index is -0.0619. The minimum Gasteiger partial charge on any atom is -0.492 e. The Morgan fingerprint density at radius 3 is 3.16 bits per heavy atom. The third kappa shape index (κ3) is 4.70. The maximum Gasteiger partial charge on any atom is 0.230 e. The summed E-state index contributed by atoms with van der Waals surface area (Å²) in [5.74, 6) is 0.874. The Hall–Kier alpha value is -2.13. The average molecular weight is 363 g/mol. The second-order valence-corrected chi connectivity index (χ2v) is 6.44. The molecular formula is C16H21N5O3S. The van der Waals surface area contributed by atoms with Crippen molar-refractivity contribution < 1.29 is 14.3 Å². The van der Waals surface area contributed by atoms with Crippen LogP contribution in [0.15, 0.2) is 29.4 Å². The summed E-state index contributed by atoms with van der Waals surface area (Å²) < 4.78 is 12.7. The number of para-hydroxylation sites is 2. The van der Waals surface area contributed by atoms with Crippen LogP contribution in [0.1, 0.15) is 19.8 Å². The molecule has 1 aromatic heterocycles. The molecule has 1 aliphatic rings. The van der Waals surface area contributed by atoms with E-state index in [9.17, 15) is 4.79 Å². The number of benzene rings is 1. The lowest BCUT2D eigenvalue weighted by Gasteiger charge is -2.11. The van der Waals surface area contributed by atoms with Gasteiger partial charge in [-0.2, -0.15) is 4.68 Å². The molecular weight excluding hydrogens is 342 g/mol. The summed E-state index contributed by atoms with van der Waals surface area (Å²) in [5.41, 5.74) is 0.747. The largest absolute Gasteiger partial charge is 0.492 e. The zero-order valence-electron chi connectivity index (χ0n) is 14.1. The van der Waals surface area contributed by atoms with Crippen LogP contribution in [-0.4, -0.2) is 57.7 Å². The molecule has 9 heteroatoms. The topological polar surface area (TPSA) is 91.2 Å². The van der Waals surface area contributed by atoms with Gasteiger partial charge in [0.25, 0.3) is 0 Å². The van der Waals surface area contributed by atoms with Gasteiger partial charge in [0.1, 0.15) is 11.4 Å². The lowest BCUT2D eigenvalue weighted by atomic mass is 10.2. The fourth-order valence-electron chi connectivity index (χ4n) is 2.54. The highest BCUT2D eigenvalue weighted by molar-refractivity contribution is 7.99. The van der Waals surface area contributed by atoms with Crippen LogP contribution in [0.4, 0.5) is 0 Å². The molecule has 0 spiro atoms. The second kappa shape index (κ2) is 8.82. The number of thioether (sulfide) groups is 1. The van der Waals surface area contributed by atoms with Crippen molar-refractivity contribution in [3.8, 4) is 11.4 Å². The molecule has 1 N–H and O–H groups in total. The molecule has 1 amide bonds. The summed E-state index contributed by atoms with van der Waals surface area (Å²) in [7, 11) is 0. The third-order valence-electron chi connectivity index (χ3n) is 3.72. The van der Waals surface area contributed by atoms with Crippen LogP contribution in [0.3, 0.4) is 0 Å². The zero-order chi connectivity index (χ0) is 17.5. The van der Waals surface area contributed by atoms with Gasteiger partial charge in [0.05, 0.1) is 18.5 Å². The number of aromatic nitrogens is 4. The summed E-state index contributed by atoms with van der Waals surface area (Å²) in [5, 5.41) is 15.2. The Morgan fingerprint density at radius 2 is 2.36 bits per heavy atom. The molecule has 2 heterocycles. The number of nitrogens with one attached hydrogen (secondary N) is 1. The van der Waals surface area contributed by atoms with Crippen molar-refractivity contribution in [3.05, 3.63) is 24.3 Å². The first-order valence-corrected chi connectivity index (χ1v) is 9.28. The standard InChI is InChI=1S/C16H21N5O3S/c1-2-23-14-8-4-3-7-13(14)21-16(18-19-20-21)25-11-15(22)17-10-12-6-5-9-24-12/h3-4,7-8,12H,2,5-6,9-11H2,1H3,(H,17,22). The molecule has 1 fully saturated rings. The predicted molar refractivity (Wildman–Crippen MR) is 93.0 cm³/mol.